The number of carbonyl (C=O) groups is 2. The molecule has 0 bridgehead atoms. The maximum Gasteiger partial charge on any atom is 0.292 e. The molecular formula is C14H17N3O3. The molecule has 0 saturated carbocycles. The van der Waals surface area contributed by atoms with E-state index >= 15 is 0 Å². The third-order valence-corrected chi connectivity index (χ3v) is 4.12. The number of piperidine rings is 1. The van der Waals surface area contributed by atoms with E-state index in [9.17, 15) is 9.59 Å². The normalized spacial score (nSPS) is 25.7. The van der Waals surface area contributed by atoms with E-state index in [4.69, 9.17) is 4.52 Å². The summed E-state index contributed by atoms with van der Waals surface area (Å²) >= 11 is 0. The minimum absolute atomic E-state index is 0.0874. The Kier molecular flexibility index (Phi) is 3.30. The molecule has 1 aromatic rings. The highest BCUT2D eigenvalue weighted by atomic mass is 16.5. The quantitative estimate of drug-likeness (QED) is 0.765. The molecule has 2 aliphatic heterocycles. The molecule has 3 rings (SSSR count). The van der Waals surface area contributed by atoms with Crippen molar-refractivity contribution >= 4 is 11.8 Å². The van der Waals surface area contributed by atoms with Crippen molar-refractivity contribution < 1.29 is 14.1 Å². The van der Waals surface area contributed by atoms with Crippen molar-refractivity contribution in [3.63, 3.8) is 0 Å². The van der Waals surface area contributed by atoms with Crippen molar-refractivity contribution in [3.8, 4) is 0 Å². The first-order valence-electron chi connectivity index (χ1n) is 6.80. The number of rotatable bonds is 3. The molecule has 2 saturated heterocycles. The van der Waals surface area contributed by atoms with Crippen LogP contribution in [0.3, 0.4) is 0 Å². The van der Waals surface area contributed by atoms with Crippen molar-refractivity contribution in [2.24, 2.45) is 11.8 Å². The number of hydrogen-bond donors (Lipinski definition) is 0. The van der Waals surface area contributed by atoms with Gasteiger partial charge in [0.25, 0.3) is 5.91 Å². The maximum atomic E-state index is 12.4. The van der Waals surface area contributed by atoms with E-state index in [1.165, 1.54) is 6.20 Å². The van der Waals surface area contributed by atoms with Crippen LogP contribution >= 0.6 is 0 Å². The summed E-state index contributed by atoms with van der Waals surface area (Å²) < 4.78 is 4.90. The highest BCUT2D eigenvalue weighted by Gasteiger charge is 2.44. The van der Waals surface area contributed by atoms with Crippen LogP contribution in [-0.4, -0.2) is 52.9 Å². The van der Waals surface area contributed by atoms with E-state index in [1.54, 1.807) is 17.0 Å². The number of carbonyl (C=O) groups excluding carboxylic acids is 2. The third-order valence-electron chi connectivity index (χ3n) is 4.12. The van der Waals surface area contributed by atoms with E-state index in [0.717, 1.165) is 13.0 Å². The van der Waals surface area contributed by atoms with Crippen LogP contribution in [0.15, 0.2) is 29.4 Å². The topological polar surface area (TPSA) is 66.7 Å². The second kappa shape index (κ2) is 5.11. The zero-order valence-corrected chi connectivity index (χ0v) is 11.2. The summed E-state index contributed by atoms with van der Waals surface area (Å²) in [5, 5.41) is 3.55. The predicted molar refractivity (Wildman–Crippen MR) is 70.8 cm³/mol. The van der Waals surface area contributed by atoms with Gasteiger partial charge in [-0.3, -0.25) is 9.59 Å². The first-order valence-corrected chi connectivity index (χ1v) is 6.80. The second-order valence-electron chi connectivity index (χ2n) is 5.31. The fraction of sp³-hybridized carbons (Fsp3) is 0.500. The van der Waals surface area contributed by atoms with Crippen molar-refractivity contribution in [2.45, 2.75) is 6.42 Å². The molecule has 0 radical (unpaired) electrons. The summed E-state index contributed by atoms with van der Waals surface area (Å²) in [6.45, 7) is 6.09. The lowest BCUT2D eigenvalue weighted by atomic mass is 9.88. The molecule has 20 heavy (non-hydrogen) atoms. The average Bonchev–Trinajstić information content (AvgIpc) is 3.10. The highest BCUT2D eigenvalue weighted by molar-refractivity contribution is 5.92. The molecule has 0 spiro atoms. The number of likely N-dealkylation sites (tertiary alicyclic amines) is 2. The van der Waals surface area contributed by atoms with Gasteiger partial charge in [0.15, 0.2) is 0 Å². The van der Waals surface area contributed by atoms with Crippen LogP contribution in [-0.2, 0) is 4.79 Å². The van der Waals surface area contributed by atoms with Crippen LogP contribution in [0.4, 0.5) is 0 Å². The monoisotopic (exact) mass is 275 g/mol. The number of amides is 2. The van der Waals surface area contributed by atoms with Gasteiger partial charge >= 0.3 is 0 Å². The molecule has 2 amide bonds. The van der Waals surface area contributed by atoms with Crippen LogP contribution in [0.5, 0.6) is 0 Å². The van der Waals surface area contributed by atoms with Crippen LogP contribution in [0.1, 0.15) is 17.0 Å². The molecule has 2 fully saturated rings. The Morgan fingerprint density at radius 2 is 2.40 bits per heavy atom. The lowest BCUT2D eigenvalue weighted by Crippen LogP contribution is -2.45. The number of hydrogen-bond acceptors (Lipinski definition) is 4. The third kappa shape index (κ3) is 2.11. The number of aromatic nitrogens is 1. The molecule has 2 unspecified atom stereocenters. The average molecular weight is 275 g/mol. The molecule has 2 atom stereocenters. The minimum atomic E-state index is -0.181. The summed E-state index contributed by atoms with van der Waals surface area (Å²) in [7, 11) is 0. The van der Waals surface area contributed by atoms with Crippen LogP contribution in [0.25, 0.3) is 0 Å². The van der Waals surface area contributed by atoms with Crippen molar-refractivity contribution in [2.75, 3.05) is 26.2 Å². The van der Waals surface area contributed by atoms with E-state index in [1.807, 2.05) is 4.90 Å². The Bertz CT molecular complexity index is 526. The number of nitrogens with zero attached hydrogens (tertiary/aromatic N) is 3. The number of fused-ring (bicyclic) bond motifs is 1. The van der Waals surface area contributed by atoms with Gasteiger partial charge in [0, 0.05) is 32.2 Å². The largest absolute Gasteiger partial charge is 0.351 e. The van der Waals surface area contributed by atoms with E-state index in [-0.39, 0.29) is 29.4 Å². The smallest absolute Gasteiger partial charge is 0.292 e. The highest BCUT2D eigenvalue weighted by Crippen LogP contribution is 2.32. The van der Waals surface area contributed by atoms with E-state index in [0.29, 0.717) is 19.6 Å². The molecule has 3 heterocycles. The van der Waals surface area contributed by atoms with E-state index < -0.39 is 0 Å². The Morgan fingerprint density at radius 3 is 3.10 bits per heavy atom. The summed E-state index contributed by atoms with van der Waals surface area (Å²) in [6.07, 6.45) is 4.13. The molecule has 0 N–H and O–H groups in total. The Labute approximate surface area is 117 Å². The van der Waals surface area contributed by atoms with Gasteiger partial charge in [-0.1, -0.05) is 11.2 Å². The molecule has 1 aromatic heterocycles. The first kappa shape index (κ1) is 12.9. The predicted octanol–water partition coefficient (Wildman–Crippen LogP) is 0.781. The Hall–Kier alpha value is -2.11. The molecule has 2 aliphatic rings. The summed E-state index contributed by atoms with van der Waals surface area (Å²) in [5.41, 5.74) is 0. The standard InChI is InChI=1S/C14H17N3O3/c1-2-6-16-7-4-10-8-17(9-11(10)13(16)18)14(19)12-3-5-15-20-12/h2-3,5,10-11H,1,4,6-9H2. The minimum Gasteiger partial charge on any atom is -0.351 e. The Balaban J connectivity index is 1.71. The van der Waals surface area contributed by atoms with Crippen molar-refractivity contribution in [1.29, 1.82) is 0 Å². The lowest BCUT2D eigenvalue weighted by Gasteiger charge is -2.32. The molecular weight excluding hydrogens is 258 g/mol. The van der Waals surface area contributed by atoms with Gasteiger partial charge in [-0.05, 0) is 12.3 Å². The Morgan fingerprint density at radius 1 is 1.55 bits per heavy atom. The zero-order valence-electron chi connectivity index (χ0n) is 11.2. The van der Waals surface area contributed by atoms with Gasteiger partial charge in [-0.2, -0.15) is 0 Å². The van der Waals surface area contributed by atoms with Gasteiger partial charge in [-0.25, -0.2) is 0 Å². The van der Waals surface area contributed by atoms with Crippen LogP contribution < -0.4 is 0 Å². The van der Waals surface area contributed by atoms with E-state index in [2.05, 4.69) is 11.7 Å². The van der Waals surface area contributed by atoms with Gasteiger partial charge in [0.2, 0.25) is 11.7 Å². The lowest BCUT2D eigenvalue weighted by molar-refractivity contribution is -0.138. The van der Waals surface area contributed by atoms with Crippen molar-refractivity contribution in [1.82, 2.24) is 15.0 Å². The maximum absolute atomic E-state index is 12.4. The van der Waals surface area contributed by atoms with Gasteiger partial charge in [-0.15, -0.1) is 6.58 Å². The van der Waals surface area contributed by atoms with Gasteiger partial charge in [0.05, 0.1) is 12.1 Å². The van der Waals surface area contributed by atoms with Gasteiger partial charge < -0.3 is 14.3 Å². The first-order chi connectivity index (χ1) is 9.70. The summed E-state index contributed by atoms with van der Waals surface area (Å²) in [6, 6.07) is 1.55. The summed E-state index contributed by atoms with van der Waals surface area (Å²) in [5.74, 6) is 0.360. The fourth-order valence-electron chi connectivity index (χ4n) is 3.09. The second-order valence-corrected chi connectivity index (χ2v) is 5.31. The molecule has 106 valence electrons. The summed E-state index contributed by atoms with van der Waals surface area (Å²) in [4.78, 5) is 28.1. The molecule has 0 aliphatic carbocycles. The van der Waals surface area contributed by atoms with Crippen LogP contribution in [0, 0.1) is 11.8 Å². The van der Waals surface area contributed by atoms with Crippen LogP contribution in [0.2, 0.25) is 0 Å². The zero-order chi connectivity index (χ0) is 14.1. The molecule has 6 nitrogen and oxygen atoms in total. The molecule has 0 aromatic carbocycles. The molecule has 6 heteroatoms. The van der Waals surface area contributed by atoms with Crippen molar-refractivity contribution in [3.05, 3.63) is 30.7 Å². The van der Waals surface area contributed by atoms with Gasteiger partial charge in [0.1, 0.15) is 0 Å². The SMILES string of the molecule is C=CCN1CCC2CN(C(=O)c3ccno3)CC2C1=O. The fourth-order valence-corrected chi connectivity index (χ4v) is 3.09.